The quantitative estimate of drug-likeness (QED) is 0.717. The topological polar surface area (TPSA) is 30.7 Å². The van der Waals surface area contributed by atoms with Crippen molar-refractivity contribution in [3.8, 4) is 0 Å². The Morgan fingerprint density at radius 3 is 2.55 bits per heavy atom. The van der Waals surface area contributed by atoms with E-state index in [1.807, 2.05) is 22.9 Å². The van der Waals surface area contributed by atoms with Crippen molar-refractivity contribution in [2.75, 3.05) is 0 Å². The van der Waals surface area contributed by atoms with Crippen LogP contribution < -0.4 is 0 Å². The van der Waals surface area contributed by atoms with E-state index in [0.717, 1.165) is 25.1 Å². The molecule has 0 unspecified atom stereocenters. The Morgan fingerprint density at radius 1 is 0.955 bits per heavy atom. The molecule has 0 aliphatic rings. The number of hydrogen-bond acceptors (Lipinski definition) is 2. The van der Waals surface area contributed by atoms with Gasteiger partial charge in [0.1, 0.15) is 0 Å². The van der Waals surface area contributed by atoms with Gasteiger partial charge in [-0.3, -0.25) is 0 Å². The molecule has 0 aliphatic heterocycles. The van der Waals surface area contributed by atoms with Gasteiger partial charge in [-0.2, -0.15) is 0 Å². The molecule has 3 nitrogen and oxygen atoms in total. The van der Waals surface area contributed by atoms with E-state index in [2.05, 4.69) is 60.7 Å². The highest BCUT2D eigenvalue weighted by Crippen LogP contribution is 2.13. The van der Waals surface area contributed by atoms with E-state index in [9.17, 15) is 0 Å². The summed E-state index contributed by atoms with van der Waals surface area (Å²) >= 11 is 0. The van der Waals surface area contributed by atoms with Crippen LogP contribution in [0.4, 0.5) is 0 Å². The molecule has 1 aromatic heterocycles. The van der Waals surface area contributed by atoms with Crippen LogP contribution in [0, 0.1) is 13.8 Å². The van der Waals surface area contributed by atoms with Crippen LogP contribution >= 0.6 is 0 Å². The summed E-state index contributed by atoms with van der Waals surface area (Å²) in [7, 11) is 0. The minimum atomic E-state index is 0.775. The SMILES string of the molecule is Cc1ccc(CCc2cn(Cc3ccccc3)nn2)c(C)c1. The lowest BCUT2D eigenvalue weighted by Crippen LogP contribution is -1.99. The lowest BCUT2D eigenvalue weighted by molar-refractivity contribution is 0.649. The van der Waals surface area contributed by atoms with Crippen molar-refractivity contribution in [3.63, 3.8) is 0 Å². The smallest absolute Gasteiger partial charge is 0.0830 e. The van der Waals surface area contributed by atoms with Crippen molar-refractivity contribution in [1.29, 1.82) is 0 Å². The standard InChI is InChI=1S/C19H21N3/c1-15-8-9-18(16(2)12-15)10-11-19-14-22(21-20-19)13-17-6-4-3-5-7-17/h3-9,12,14H,10-11,13H2,1-2H3. The van der Waals surface area contributed by atoms with Crippen molar-refractivity contribution in [3.05, 3.63) is 82.7 Å². The first-order valence-electron chi connectivity index (χ1n) is 7.70. The van der Waals surface area contributed by atoms with E-state index in [-0.39, 0.29) is 0 Å². The maximum atomic E-state index is 4.29. The van der Waals surface area contributed by atoms with Crippen molar-refractivity contribution in [1.82, 2.24) is 15.0 Å². The first kappa shape index (κ1) is 14.5. The summed E-state index contributed by atoms with van der Waals surface area (Å²) in [6, 6.07) is 17.0. The molecule has 0 fully saturated rings. The molecular weight excluding hydrogens is 270 g/mol. The molecule has 112 valence electrons. The Bertz CT molecular complexity index is 744. The molecule has 0 saturated heterocycles. The summed E-state index contributed by atoms with van der Waals surface area (Å²) in [4.78, 5) is 0. The molecule has 3 heteroatoms. The number of rotatable bonds is 5. The number of nitrogens with zero attached hydrogens (tertiary/aromatic N) is 3. The fourth-order valence-electron chi connectivity index (χ4n) is 2.69. The molecule has 1 heterocycles. The largest absolute Gasteiger partial charge is 0.248 e. The maximum Gasteiger partial charge on any atom is 0.0830 e. The van der Waals surface area contributed by atoms with E-state index in [4.69, 9.17) is 0 Å². The Labute approximate surface area is 131 Å². The van der Waals surface area contributed by atoms with Crippen molar-refractivity contribution < 1.29 is 0 Å². The molecule has 0 N–H and O–H groups in total. The van der Waals surface area contributed by atoms with Gasteiger partial charge in [0, 0.05) is 6.20 Å². The van der Waals surface area contributed by atoms with Gasteiger partial charge in [-0.15, -0.1) is 5.10 Å². The Hall–Kier alpha value is -2.42. The first-order chi connectivity index (χ1) is 10.7. The average molecular weight is 291 g/mol. The van der Waals surface area contributed by atoms with Crippen LogP contribution in [0.15, 0.2) is 54.7 Å². The van der Waals surface area contributed by atoms with Crippen molar-refractivity contribution >= 4 is 0 Å². The Morgan fingerprint density at radius 2 is 1.77 bits per heavy atom. The highest BCUT2D eigenvalue weighted by Gasteiger charge is 2.04. The predicted molar refractivity (Wildman–Crippen MR) is 88.9 cm³/mol. The molecule has 22 heavy (non-hydrogen) atoms. The summed E-state index contributed by atoms with van der Waals surface area (Å²) in [6.45, 7) is 5.08. The molecule has 0 bridgehead atoms. The van der Waals surface area contributed by atoms with Gasteiger partial charge < -0.3 is 0 Å². The number of hydrogen-bond donors (Lipinski definition) is 0. The molecule has 0 spiro atoms. The zero-order chi connectivity index (χ0) is 15.4. The highest BCUT2D eigenvalue weighted by atomic mass is 15.4. The summed E-state index contributed by atoms with van der Waals surface area (Å²) in [5.74, 6) is 0. The summed E-state index contributed by atoms with van der Waals surface area (Å²) in [6.07, 6.45) is 3.99. The fourth-order valence-corrected chi connectivity index (χ4v) is 2.69. The van der Waals surface area contributed by atoms with Crippen LogP contribution in [-0.4, -0.2) is 15.0 Å². The molecule has 2 aromatic carbocycles. The van der Waals surface area contributed by atoms with Crippen molar-refractivity contribution in [2.24, 2.45) is 0 Å². The van der Waals surface area contributed by atoms with Crippen LogP contribution in [0.2, 0.25) is 0 Å². The third-order valence-corrected chi connectivity index (χ3v) is 3.92. The molecule has 3 aromatic rings. The molecule has 0 radical (unpaired) electrons. The summed E-state index contributed by atoms with van der Waals surface area (Å²) in [5, 5.41) is 8.51. The van der Waals surface area contributed by atoms with Gasteiger partial charge in [-0.25, -0.2) is 4.68 Å². The minimum absolute atomic E-state index is 0.775. The third-order valence-electron chi connectivity index (χ3n) is 3.92. The van der Waals surface area contributed by atoms with Gasteiger partial charge in [0.15, 0.2) is 0 Å². The van der Waals surface area contributed by atoms with Crippen LogP contribution in [0.1, 0.15) is 27.9 Å². The minimum Gasteiger partial charge on any atom is -0.248 e. The van der Waals surface area contributed by atoms with Crippen LogP contribution in [0.25, 0.3) is 0 Å². The highest BCUT2D eigenvalue weighted by molar-refractivity contribution is 5.30. The zero-order valence-electron chi connectivity index (χ0n) is 13.2. The summed E-state index contributed by atoms with van der Waals surface area (Å²) < 4.78 is 1.91. The van der Waals surface area contributed by atoms with Gasteiger partial charge in [0.25, 0.3) is 0 Å². The van der Waals surface area contributed by atoms with Gasteiger partial charge in [0.2, 0.25) is 0 Å². The van der Waals surface area contributed by atoms with E-state index in [0.29, 0.717) is 0 Å². The van der Waals surface area contributed by atoms with E-state index in [1.165, 1.54) is 22.3 Å². The van der Waals surface area contributed by atoms with Gasteiger partial charge >= 0.3 is 0 Å². The van der Waals surface area contributed by atoms with Gasteiger partial charge in [0.05, 0.1) is 12.2 Å². The number of aromatic nitrogens is 3. The number of benzene rings is 2. The summed E-state index contributed by atoms with van der Waals surface area (Å²) in [5.41, 5.74) is 6.36. The molecule has 0 saturated carbocycles. The molecule has 0 amide bonds. The maximum absolute atomic E-state index is 4.29. The Balaban J connectivity index is 1.62. The second-order valence-corrected chi connectivity index (χ2v) is 5.82. The third kappa shape index (κ3) is 3.61. The van der Waals surface area contributed by atoms with E-state index >= 15 is 0 Å². The molecular formula is C19H21N3. The van der Waals surface area contributed by atoms with Crippen LogP contribution in [0.5, 0.6) is 0 Å². The van der Waals surface area contributed by atoms with Crippen LogP contribution in [-0.2, 0) is 19.4 Å². The van der Waals surface area contributed by atoms with E-state index in [1.54, 1.807) is 0 Å². The molecule has 3 rings (SSSR count). The fraction of sp³-hybridized carbons (Fsp3) is 0.263. The average Bonchev–Trinajstić information content (AvgIpc) is 2.95. The lowest BCUT2D eigenvalue weighted by Gasteiger charge is -2.05. The van der Waals surface area contributed by atoms with Crippen LogP contribution in [0.3, 0.4) is 0 Å². The van der Waals surface area contributed by atoms with Gasteiger partial charge in [-0.1, -0.05) is 59.3 Å². The first-order valence-corrected chi connectivity index (χ1v) is 7.70. The van der Waals surface area contributed by atoms with Gasteiger partial charge in [-0.05, 0) is 43.4 Å². The second kappa shape index (κ2) is 6.56. The Kier molecular flexibility index (Phi) is 4.33. The molecule has 0 aliphatic carbocycles. The van der Waals surface area contributed by atoms with Crippen molar-refractivity contribution in [2.45, 2.75) is 33.2 Å². The number of aryl methyl sites for hydroxylation is 4. The zero-order valence-corrected chi connectivity index (χ0v) is 13.2. The monoisotopic (exact) mass is 291 g/mol. The normalized spacial score (nSPS) is 10.8. The second-order valence-electron chi connectivity index (χ2n) is 5.82. The predicted octanol–water partition coefficient (Wildman–Crippen LogP) is 3.73. The van der Waals surface area contributed by atoms with E-state index < -0.39 is 0 Å². The lowest BCUT2D eigenvalue weighted by atomic mass is 10.0. The molecule has 0 atom stereocenters.